The van der Waals surface area contributed by atoms with Gasteiger partial charge in [0.05, 0.1) is 23.0 Å². The summed E-state index contributed by atoms with van der Waals surface area (Å²) < 4.78 is 7.10. The van der Waals surface area contributed by atoms with E-state index < -0.39 is 5.97 Å². The first-order valence-electron chi connectivity index (χ1n) is 9.12. The lowest BCUT2D eigenvalue weighted by molar-refractivity contribution is 0.0461. The maximum atomic E-state index is 12.9. The van der Waals surface area contributed by atoms with E-state index in [0.29, 0.717) is 22.5 Å². The Kier molecular flexibility index (Phi) is 5.17. The predicted molar refractivity (Wildman–Crippen MR) is 109 cm³/mol. The fraction of sp³-hybridized carbons (Fsp3) is 0.0417. The summed E-state index contributed by atoms with van der Waals surface area (Å²) in [4.78, 5) is 12.9. The van der Waals surface area contributed by atoms with Crippen molar-refractivity contribution in [2.45, 2.75) is 6.61 Å². The minimum absolute atomic E-state index is 0.0171. The van der Waals surface area contributed by atoms with Gasteiger partial charge in [-0.15, -0.1) is 0 Å². The Bertz CT molecular complexity index is 1180. The molecule has 0 aliphatic heterocycles. The van der Waals surface area contributed by atoms with Gasteiger partial charge in [0.2, 0.25) is 0 Å². The molecule has 4 rings (SSSR count). The summed E-state index contributed by atoms with van der Waals surface area (Å²) in [7, 11) is 0. The molecule has 0 N–H and O–H groups in total. The lowest BCUT2D eigenvalue weighted by Gasteiger charge is -2.08. The molecule has 0 radical (unpaired) electrons. The monoisotopic (exact) mass is 379 g/mol. The average Bonchev–Trinajstić information content (AvgIpc) is 3.24. The van der Waals surface area contributed by atoms with Crippen LogP contribution in [0.25, 0.3) is 16.9 Å². The van der Waals surface area contributed by atoms with Crippen molar-refractivity contribution in [2.75, 3.05) is 0 Å². The third kappa shape index (κ3) is 3.92. The first-order chi connectivity index (χ1) is 14.3. The highest BCUT2D eigenvalue weighted by Crippen LogP contribution is 2.22. The van der Waals surface area contributed by atoms with Crippen molar-refractivity contribution in [3.63, 3.8) is 0 Å². The molecule has 1 aromatic heterocycles. The Morgan fingerprint density at radius 2 is 1.59 bits per heavy atom. The molecule has 0 aliphatic rings. The van der Waals surface area contributed by atoms with Crippen LogP contribution in [0.2, 0.25) is 0 Å². The van der Waals surface area contributed by atoms with E-state index in [-0.39, 0.29) is 6.61 Å². The van der Waals surface area contributed by atoms with Crippen molar-refractivity contribution in [2.24, 2.45) is 0 Å². The predicted octanol–water partition coefficient (Wildman–Crippen LogP) is 4.77. The Hall–Kier alpha value is -4.17. The van der Waals surface area contributed by atoms with E-state index in [2.05, 4.69) is 11.2 Å². The molecule has 5 heteroatoms. The number of rotatable bonds is 5. The van der Waals surface area contributed by atoms with Crippen molar-refractivity contribution in [3.05, 3.63) is 108 Å². The van der Waals surface area contributed by atoms with Gasteiger partial charge in [0.15, 0.2) is 5.69 Å². The van der Waals surface area contributed by atoms with Crippen molar-refractivity contribution in [3.8, 4) is 23.0 Å². The van der Waals surface area contributed by atoms with Crippen LogP contribution < -0.4 is 0 Å². The number of hydrogen-bond acceptors (Lipinski definition) is 4. The van der Waals surface area contributed by atoms with Gasteiger partial charge in [-0.05, 0) is 24.3 Å². The molecule has 0 aliphatic carbocycles. The van der Waals surface area contributed by atoms with E-state index >= 15 is 0 Å². The lowest BCUT2D eigenvalue weighted by atomic mass is 10.1. The highest BCUT2D eigenvalue weighted by Gasteiger charge is 2.19. The normalized spacial score (nSPS) is 10.3. The minimum atomic E-state index is -0.503. The van der Waals surface area contributed by atoms with Crippen molar-refractivity contribution in [1.29, 1.82) is 5.26 Å². The number of para-hydroxylation sites is 1. The molecule has 0 spiro atoms. The third-order valence-corrected chi connectivity index (χ3v) is 4.49. The van der Waals surface area contributed by atoms with Crippen molar-refractivity contribution in [1.82, 2.24) is 9.78 Å². The van der Waals surface area contributed by atoms with Crippen LogP contribution in [-0.2, 0) is 11.3 Å². The highest BCUT2D eigenvalue weighted by molar-refractivity contribution is 5.89. The molecule has 0 saturated carbocycles. The summed E-state index contributed by atoms with van der Waals surface area (Å²) in [5, 5.41) is 13.8. The molecule has 0 amide bonds. The molecule has 0 saturated heterocycles. The molecule has 0 atom stereocenters. The van der Waals surface area contributed by atoms with Gasteiger partial charge in [-0.3, -0.25) is 0 Å². The van der Waals surface area contributed by atoms with Gasteiger partial charge >= 0.3 is 5.97 Å². The number of aromatic nitrogens is 2. The minimum Gasteiger partial charge on any atom is -0.456 e. The molecule has 29 heavy (non-hydrogen) atoms. The largest absolute Gasteiger partial charge is 0.456 e. The quantitative estimate of drug-likeness (QED) is 0.469. The molecule has 5 nitrogen and oxygen atoms in total. The molecular formula is C24H17N3O2. The molecular weight excluding hydrogens is 362 g/mol. The summed E-state index contributed by atoms with van der Waals surface area (Å²) in [6.45, 7) is 0.0171. The van der Waals surface area contributed by atoms with Crippen LogP contribution in [0.4, 0.5) is 0 Å². The molecule has 140 valence electrons. The second kappa shape index (κ2) is 8.24. The smallest absolute Gasteiger partial charge is 0.357 e. The molecule has 0 fully saturated rings. The van der Waals surface area contributed by atoms with E-state index in [1.54, 1.807) is 28.9 Å². The van der Waals surface area contributed by atoms with Crippen molar-refractivity contribution < 1.29 is 9.53 Å². The van der Waals surface area contributed by atoms with Gasteiger partial charge in [0, 0.05) is 11.1 Å². The fourth-order valence-electron chi connectivity index (χ4n) is 3.01. The second-order valence-corrected chi connectivity index (χ2v) is 6.37. The van der Waals surface area contributed by atoms with Crippen LogP contribution in [0.3, 0.4) is 0 Å². The zero-order chi connectivity index (χ0) is 20.1. The van der Waals surface area contributed by atoms with Crippen LogP contribution in [0, 0.1) is 11.3 Å². The number of nitriles is 1. The summed E-state index contributed by atoms with van der Waals surface area (Å²) in [5.41, 5.74) is 3.83. The lowest BCUT2D eigenvalue weighted by Crippen LogP contribution is -2.12. The zero-order valence-corrected chi connectivity index (χ0v) is 15.5. The van der Waals surface area contributed by atoms with E-state index in [4.69, 9.17) is 4.74 Å². The molecule has 0 bridgehead atoms. The van der Waals surface area contributed by atoms with Crippen LogP contribution in [0.5, 0.6) is 0 Å². The summed E-state index contributed by atoms with van der Waals surface area (Å²) >= 11 is 0. The number of nitrogens with zero attached hydrogens (tertiary/aromatic N) is 3. The molecule has 4 aromatic rings. The van der Waals surface area contributed by atoms with E-state index in [1.165, 1.54) is 0 Å². The Morgan fingerprint density at radius 1 is 0.931 bits per heavy atom. The van der Waals surface area contributed by atoms with E-state index in [9.17, 15) is 10.1 Å². The molecule has 3 aromatic carbocycles. The van der Waals surface area contributed by atoms with Gasteiger partial charge in [0.25, 0.3) is 0 Å². The van der Waals surface area contributed by atoms with Gasteiger partial charge in [0.1, 0.15) is 6.61 Å². The first kappa shape index (κ1) is 18.2. The summed E-state index contributed by atoms with van der Waals surface area (Å²) in [5.74, 6) is -0.503. The van der Waals surface area contributed by atoms with Crippen LogP contribution >= 0.6 is 0 Å². The van der Waals surface area contributed by atoms with Crippen molar-refractivity contribution >= 4 is 5.97 Å². The zero-order valence-electron chi connectivity index (χ0n) is 15.5. The fourth-order valence-corrected chi connectivity index (χ4v) is 3.01. The number of carbonyl (C=O) groups excluding carboxylic acids is 1. The second-order valence-electron chi connectivity index (χ2n) is 6.37. The van der Waals surface area contributed by atoms with Crippen LogP contribution in [0.1, 0.15) is 21.6 Å². The third-order valence-electron chi connectivity index (χ3n) is 4.49. The number of hydrogen-bond donors (Lipinski definition) is 0. The van der Waals surface area contributed by atoms with E-state index in [0.717, 1.165) is 11.3 Å². The molecule has 0 unspecified atom stereocenters. The SMILES string of the molecule is N#Cc1ccccc1COC(=O)c1cc(-c2ccccc2)nn1-c1ccccc1. The maximum Gasteiger partial charge on any atom is 0.357 e. The van der Waals surface area contributed by atoms with Gasteiger partial charge in [-0.1, -0.05) is 66.7 Å². The number of carbonyl (C=O) groups is 1. The average molecular weight is 379 g/mol. The Labute approximate surface area is 168 Å². The topological polar surface area (TPSA) is 67.9 Å². The Morgan fingerprint density at radius 3 is 2.31 bits per heavy atom. The molecule has 1 heterocycles. The highest BCUT2D eigenvalue weighted by atomic mass is 16.5. The van der Waals surface area contributed by atoms with Crippen LogP contribution in [-0.4, -0.2) is 15.7 Å². The van der Waals surface area contributed by atoms with Gasteiger partial charge in [-0.25, -0.2) is 9.48 Å². The summed E-state index contributed by atoms with van der Waals surface area (Å²) in [6, 6.07) is 30.0. The van der Waals surface area contributed by atoms with Gasteiger partial charge in [-0.2, -0.15) is 10.4 Å². The Balaban J connectivity index is 1.67. The number of ether oxygens (including phenoxy) is 1. The number of benzene rings is 3. The first-order valence-corrected chi connectivity index (χ1v) is 9.12. The number of esters is 1. The summed E-state index contributed by atoms with van der Waals surface area (Å²) in [6.07, 6.45) is 0. The maximum absolute atomic E-state index is 12.9. The van der Waals surface area contributed by atoms with E-state index in [1.807, 2.05) is 66.7 Å². The standard InChI is InChI=1S/C24H17N3O2/c25-16-19-11-7-8-12-20(19)17-29-24(28)23-15-22(18-9-3-1-4-10-18)26-27(23)21-13-5-2-6-14-21/h1-15H,17H2. The van der Waals surface area contributed by atoms with Crippen LogP contribution in [0.15, 0.2) is 91.0 Å². The van der Waals surface area contributed by atoms with Gasteiger partial charge < -0.3 is 4.74 Å².